The van der Waals surface area contributed by atoms with Gasteiger partial charge in [-0.25, -0.2) is 13.2 Å². The molecular formula is C27H34ClN3O6S. The maximum Gasteiger partial charge on any atom is 0.341 e. The highest BCUT2D eigenvalue weighted by atomic mass is 35.5. The van der Waals surface area contributed by atoms with Crippen molar-refractivity contribution < 1.29 is 27.9 Å². The third-order valence-electron chi connectivity index (χ3n) is 6.75. The molecule has 1 aliphatic heterocycles. The number of benzene rings is 2. The summed E-state index contributed by atoms with van der Waals surface area (Å²) in [5.74, 6) is -0.405. The highest BCUT2D eigenvalue weighted by Gasteiger charge is 2.47. The zero-order valence-corrected chi connectivity index (χ0v) is 23.4. The number of carbonyl (C=O) groups is 2. The van der Waals surface area contributed by atoms with Crippen LogP contribution in [0.15, 0.2) is 42.1 Å². The highest BCUT2D eigenvalue weighted by molar-refractivity contribution is 7.92. The van der Waals surface area contributed by atoms with E-state index in [2.05, 4.69) is 4.72 Å². The lowest BCUT2D eigenvalue weighted by atomic mass is 9.81. The number of nitrogens with zero attached hydrogens (tertiary/aromatic N) is 1. The molecule has 11 heteroatoms. The Labute approximate surface area is 228 Å². The molecule has 2 aromatic carbocycles. The average molecular weight is 564 g/mol. The largest absolute Gasteiger partial charge is 0.483 e. The van der Waals surface area contributed by atoms with Crippen LogP contribution >= 0.6 is 11.6 Å². The number of aryl methyl sites for hydroxylation is 1. The Kier molecular flexibility index (Phi) is 9.45. The van der Waals surface area contributed by atoms with Gasteiger partial charge in [-0.05, 0) is 87.7 Å². The SMILES string of the molecule is Cc1cc(-c2cccc(NS(=O)(=O)CCN(C)C)c2)c(Cl)cc1C1=C(N)C2(CCCCC2)OC1=O.O=CO. The first-order valence-electron chi connectivity index (χ1n) is 12.3. The molecule has 1 fully saturated rings. The Morgan fingerprint density at radius 3 is 2.45 bits per heavy atom. The van der Waals surface area contributed by atoms with Crippen molar-refractivity contribution in [2.45, 2.75) is 44.6 Å². The zero-order valence-electron chi connectivity index (χ0n) is 21.8. The van der Waals surface area contributed by atoms with Gasteiger partial charge in [-0.1, -0.05) is 30.2 Å². The Balaban J connectivity index is 0.00000127. The number of halogens is 1. The van der Waals surface area contributed by atoms with E-state index in [4.69, 9.17) is 32.0 Å². The van der Waals surface area contributed by atoms with Gasteiger partial charge in [0.25, 0.3) is 6.47 Å². The number of sulfonamides is 1. The van der Waals surface area contributed by atoms with E-state index in [0.717, 1.165) is 48.8 Å². The number of carboxylic acid groups (broad SMARTS) is 1. The minimum Gasteiger partial charge on any atom is -0.483 e. The monoisotopic (exact) mass is 563 g/mol. The lowest BCUT2D eigenvalue weighted by Crippen LogP contribution is -2.37. The number of hydrogen-bond donors (Lipinski definition) is 3. The van der Waals surface area contributed by atoms with Crippen LogP contribution in [0.3, 0.4) is 0 Å². The quantitative estimate of drug-likeness (QED) is 0.335. The average Bonchev–Trinajstić information content (AvgIpc) is 3.08. The van der Waals surface area contributed by atoms with E-state index in [0.29, 0.717) is 34.1 Å². The van der Waals surface area contributed by atoms with Crippen LogP contribution < -0.4 is 10.5 Å². The molecule has 1 aliphatic carbocycles. The molecule has 2 aliphatic rings. The van der Waals surface area contributed by atoms with Crippen molar-refractivity contribution in [1.29, 1.82) is 0 Å². The van der Waals surface area contributed by atoms with Gasteiger partial charge in [0.15, 0.2) is 5.60 Å². The van der Waals surface area contributed by atoms with E-state index in [-0.39, 0.29) is 12.2 Å². The van der Waals surface area contributed by atoms with Gasteiger partial charge in [0, 0.05) is 22.8 Å². The molecule has 0 saturated heterocycles. The van der Waals surface area contributed by atoms with Crippen LogP contribution in [-0.4, -0.2) is 62.9 Å². The van der Waals surface area contributed by atoms with Gasteiger partial charge < -0.3 is 20.5 Å². The summed E-state index contributed by atoms with van der Waals surface area (Å²) in [5.41, 5.74) is 10.2. The van der Waals surface area contributed by atoms with Crippen LogP contribution in [0.25, 0.3) is 16.7 Å². The number of hydrogen-bond acceptors (Lipinski definition) is 7. The third kappa shape index (κ3) is 6.67. The fourth-order valence-electron chi connectivity index (χ4n) is 4.83. The summed E-state index contributed by atoms with van der Waals surface area (Å²) in [4.78, 5) is 23.1. The smallest absolute Gasteiger partial charge is 0.341 e. The van der Waals surface area contributed by atoms with Gasteiger partial charge in [0.05, 0.1) is 17.0 Å². The molecule has 1 saturated carbocycles. The van der Waals surface area contributed by atoms with Gasteiger partial charge in [-0.2, -0.15) is 0 Å². The van der Waals surface area contributed by atoms with Crippen molar-refractivity contribution in [2.75, 3.05) is 31.1 Å². The summed E-state index contributed by atoms with van der Waals surface area (Å²) in [6.07, 6.45) is 4.57. The van der Waals surface area contributed by atoms with Crippen molar-refractivity contribution in [3.05, 3.63) is 58.2 Å². The van der Waals surface area contributed by atoms with Crippen LogP contribution in [0.2, 0.25) is 5.02 Å². The summed E-state index contributed by atoms with van der Waals surface area (Å²) < 4.78 is 33.3. The van der Waals surface area contributed by atoms with Crippen LogP contribution in [0, 0.1) is 6.92 Å². The van der Waals surface area contributed by atoms with Crippen molar-refractivity contribution in [3.63, 3.8) is 0 Å². The van der Waals surface area contributed by atoms with E-state index < -0.39 is 21.6 Å². The van der Waals surface area contributed by atoms with E-state index in [1.54, 1.807) is 24.3 Å². The molecule has 38 heavy (non-hydrogen) atoms. The Morgan fingerprint density at radius 2 is 1.82 bits per heavy atom. The topological polar surface area (TPSA) is 139 Å². The Morgan fingerprint density at radius 1 is 1.16 bits per heavy atom. The van der Waals surface area contributed by atoms with Crippen LogP contribution in [0.1, 0.15) is 43.2 Å². The number of ether oxygens (including phenoxy) is 1. The third-order valence-corrected chi connectivity index (χ3v) is 8.33. The van der Waals surface area contributed by atoms with Crippen molar-refractivity contribution in [2.24, 2.45) is 5.73 Å². The molecule has 0 aromatic heterocycles. The second kappa shape index (κ2) is 12.2. The van der Waals surface area contributed by atoms with Crippen molar-refractivity contribution >= 4 is 45.3 Å². The van der Waals surface area contributed by atoms with Gasteiger partial charge >= 0.3 is 5.97 Å². The molecule has 0 atom stereocenters. The number of nitrogens with one attached hydrogen (secondary N) is 1. The molecular weight excluding hydrogens is 530 g/mol. The number of carbonyl (C=O) groups excluding carboxylic acids is 1. The lowest BCUT2D eigenvalue weighted by molar-refractivity contribution is -0.147. The van der Waals surface area contributed by atoms with E-state index in [9.17, 15) is 13.2 Å². The number of rotatable bonds is 7. The maximum absolute atomic E-state index is 12.9. The second-order valence-electron chi connectivity index (χ2n) is 9.79. The lowest BCUT2D eigenvalue weighted by Gasteiger charge is -2.32. The van der Waals surface area contributed by atoms with E-state index in [1.807, 2.05) is 38.1 Å². The summed E-state index contributed by atoms with van der Waals surface area (Å²) >= 11 is 6.70. The molecule has 0 radical (unpaired) electrons. The molecule has 2 aromatic rings. The standard InChI is InChI=1S/C26H32ClN3O4S.CH2O2/c1-17-14-21(18-8-7-9-19(15-18)29-35(32,33)13-12-30(2)3)22(27)16-20(17)23-24(28)26(34-25(23)31)10-5-4-6-11-26;2-1-3/h7-9,14-16,29H,4-6,10-13,28H2,1-3H3;1H,(H,2,3). The molecule has 4 rings (SSSR count). The first-order valence-corrected chi connectivity index (χ1v) is 14.3. The highest BCUT2D eigenvalue weighted by Crippen LogP contribution is 2.45. The van der Waals surface area contributed by atoms with Gasteiger partial charge in [-0.3, -0.25) is 9.52 Å². The normalized spacial score (nSPS) is 16.7. The number of nitrogens with two attached hydrogens (primary N) is 1. The summed E-state index contributed by atoms with van der Waals surface area (Å²) in [6, 6.07) is 10.8. The Hall–Kier alpha value is -3.08. The summed E-state index contributed by atoms with van der Waals surface area (Å²) in [6.45, 7) is 2.08. The first-order chi connectivity index (χ1) is 17.9. The van der Waals surface area contributed by atoms with Gasteiger partial charge in [-0.15, -0.1) is 0 Å². The molecule has 0 unspecified atom stereocenters. The predicted molar refractivity (Wildman–Crippen MR) is 149 cm³/mol. The van der Waals surface area contributed by atoms with Crippen molar-refractivity contribution in [1.82, 2.24) is 4.90 Å². The van der Waals surface area contributed by atoms with Crippen LogP contribution in [-0.2, 0) is 24.3 Å². The zero-order chi connectivity index (χ0) is 28.1. The molecule has 0 amide bonds. The fraction of sp³-hybridized carbons (Fsp3) is 0.407. The molecule has 4 N–H and O–H groups in total. The number of anilines is 1. The minimum absolute atomic E-state index is 0.00703. The molecule has 0 bridgehead atoms. The van der Waals surface area contributed by atoms with Gasteiger partial charge in [0.1, 0.15) is 0 Å². The molecule has 206 valence electrons. The number of esters is 1. The first kappa shape index (κ1) is 29.5. The van der Waals surface area contributed by atoms with E-state index in [1.165, 1.54) is 0 Å². The molecule has 9 nitrogen and oxygen atoms in total. The predicted octanol–water partition coefficient (Wildman–Crippen LogP) is 4.25. The molecule has 1 heterocycles. The van der Waals surface area contributed by atoms with Crippen molar-refractivity contribution in [3.8, 4) is 11.1 Å². The van der Waals surface area contributed by atoms with Gasteiger partial charge in [0.2, 0.25) is 10.0 Å². The fourth-order valence-corrected chi connectivity index (χ4v) is 6.29. The Bertz CT molecular complexity index is 1330. The summed E-state index contributed by atoms with van der Waals surface area (Å²) in [7, 11) is 0.168. The van der Waals surface area contributed by atoms with E-state index >= 15 is 0 Å². The second-order valence-corrected chi connectivity index (χ2v) is 12.0. The summed E-state index contributed by atoms with van der Waals surface area (Å²) in [5, 5.41) is 7.33. The maximum atomic E-state index is 12.9. The molecule has 1 spiro atoms. The van der Waals surface area contributed by atoms with Crippen LogP contribution in [0.4, 0.5) is 5.69 Å². The minimum atomic E-state index is -3.49. The van der Waals surface area contributed by atoms with Crippen LogP contribution in [0.5, 0.6) is 0 Å².